The van der Waals surface area contributed by atoms with E-state index in [9.17, 15) is 9.59 Å². The second-order valence-electron chi connectivity index (χ2n) is 4.44. The number of aldehydes is 1. The van der Waals surface area contributed by atoms with E-state index in [1.54, 1.807) is 39.0 Å². The van der Waals surface area contributed by atoms with Gasteiger partial charge in [0.1, 0.15) is 5.75 Å². The van der Waals surface area contributed by atoms with E-state index < -0.39 is 5.41 Å². The van der Waals surface area contributed by atoms with Crippen molar-refractivity contribution in [2.24, 2.45) is 5.41 Å². The number of hydrogen-bond donors (Lipinski definition) is 0. The summed E-state index contributed by atoms with van der Waals surface area (Å²) in [4.78, 5) is 22.4. The van der Waals surface area contributed by atoms with Gasteiger partial charge in [-0.05, 0) is 39.0 Å². The van der Waals surface area contributed by atoms with E-state index >= 15 is 0 Å². The predicted octanol–water partition coefficient (Wildman–Crippen LogP) is 3.21. The first-order chi connectivity index (χ1) is 7.34. The van der Waals surface area contributed by atoms with Gasteiger partial charge in [-0.25, -0.2) is 0 Å². The molecule has 0 spiro atoms. The van der Waals surface area contributed by atoms with Crippen LogP contribution in [0, 0.1) is 5.41 Å². The number of hydrogen-bond acceptors (Lipinski definition) is 3. The van der Waals surface area contributed by atoms with E-state index in [2.05, 4.69) is 15.9 Å². The smallest absolute Gasteiger partial charge is 0.316 e. The van der Waals surface area contributed by atoms with E-state index in [4.69, 9.17) is 4.74 Å². The molecule has 0 saturated carbocycles. The van der Waals surface area contributed by atoms with Gasteiger partial charge in [-0.1, -0.05) is 15.9 Å². The molecule has 16 heavy (non-hydrogen) atoms. The lowest BCUT2D eigenvalue weighted by molar-refractivity contribution is -0.143. The van der Waals surface area contributed by atoms with Crippen molar-refractivity contribution >= 4 is 28.2 Å². The maximum Gasteiger partial charge on any atom is 0.316 e. The zero-order valence-electron chi connectivity index (χ0n) is 9.41. The Morgan fingerprint density at radius 3 is 2.50 bits per heavy atom. The van der Waals surface area contributed by atoms with Crippen LogP contribution >= 0.6 is 15.9 Å². The van der Waals surface area contributed by atoms with Crippen molar-refractivity contribution < 1.29 is 14.3 Å². The van der Waals surface area contributed by atoms with Crippen LogP contribution in [0.3, 0.4) is 0 Å². The van der Waals surface area contributed by atoms with E-state index in [1.807, 2.05) is 0 Å². The molecule has 0 amide bonds. The van der Waals surface area contributed by atoms with Crippen molar-refractivity contribution in [3.63, 3.8) is 0 Å². The van der Waals surface area contributed by atoms with Crippen LogP contribution in [0.1, 0.15) is 31.1 Å². The molecule has 0 aliphatic carbocycles. The molecule has 1 aromatic carbocycles. The first-order valence-electron chi connectivity index (χ1n) is 4.81. The first kappa shape index (κ1) is 12.9. The number of carbonyl (C=O) groups excluding carboxylic acids is 2. The molecule has 0 aromatic heterocycles. The van der Waals surface area contributed by atoms with Crippen molar-refractivity contribution in [3.05, 3.63) is 28.2 Å². The monoisotopic (exact) mass is 284 g/mol. The quantitative estimate of drug-likeness (QED) is 0.476. The Morgan fingerprint density at radius 2 is 2.00 bits per heavy atom. The number of ether oxygens (including phenoxy) is 1. The lowest BCUT2D eigenvalue weighted by Crippen LogP contribution is -2.25. The molecule has 0 N–H and O–H groups in total. The Kier molecular flexibility index (Phi) is 3.86. The van der Waals surface area contributed by atoms with Crippen LogP contribution in [0.5, 0.6) is 5.75 Å². The van der Waals surface area contributed by atoms with Gasteiger partial charge < -0.3 is 4.74 Å². The van der Waals surface area contributed by atoms with Gasteiger partial charge in [0.25, 0.3) is 0 Å². The van der Waals surface area contributed by atoms with Crippen LogP contribution in [0.25, 0.3) is 0 Å². The summed E-state index contributed by atoms with van der Waals surface area (Å²) in [5.74, 6) is -0.0731. The predicted molar refractivity (Wildman–Crippen MR) is 64.6 cm³/mol. The minimum atomic E-state index is -0.590. The molecule has 86 valence electrons. The average molecular weight is 285 g/mol. The standard InChI is InChI=1S/C12H13BrO3/c1-12(2,3)11(15)16-10-5-4-9(13)6-8(10)7-14/h4-7H,1-3H3. The Labute approximate surface area is 103 Å². The van der Waals surface area contributed by atoms with Crippen LogP contribution in [-0.2, 0) is 4.79 Å². The molecule has 0 fully saturated rings. The molecule has 0 atom stereocenters. The minimum Gasteiger partial charge on any atom is -0.425 e. The molecule has 0 aliphatic rings. The lowest BCUT2D eigenvalue weighted by Gasteiger charge is -2.17. The Bertz CT molecular complexity index is 419. The zero-order chi connectivity index (χ0) is 12.3. The van der Waals surface area contributed by atoms with Gasteiger partial charge in [-0.15, -0.1) is 0 Å². The summed E-state index contributed by atoms with van der Waals surface area (Å²) in [5.41, 5.74) is -0.236. The van der Waals surface area contributed by atoms with Crippen LogP contribution < -0.4 is 4.74 Å². The molecule has 0 radical (unpaired) electrons. The van der Waals surface area contributed by atoms with Crippen molar-refractivity contribution in [2.45, 2.75) is 20.8 Å². The van der Waals surface area contributed by atoms with Crippen LogP contribution in [0.15, 0.2) is 22.7 Å². The van der Waals surface area contributed by atoms with Crippen molar-refractivity contribution in [3.8, 4) is 5.75 Å². The lowest BCUT2D eigenvalue weighted by atomic mass is 9.97. The fourth-order valence-corrected chi connectivity index (χ4v) is 1.34. The highest BCUT2D eigenvalue weighted by atomic mass is 79.9. The molecule has 0 bridgehead atoms. The highest BCUT2D eigenvalue weighted by molar-refractivity contribution is 9.10. The SMILES string of the molecule is CC(C)(C)C(=O)Oc1ccc(Br)cc1C=O. The normalized spacial score (nSPS) is 11.0. The highest BCUT2D eigenvalue weighted by Crippen LogP contribution is 2.24. The largest absolute Gasteiger partial charge is 0.425 e. The number of rotatable bonds is 2. The summed E-state index contributed by atoms with van der Waals surface area (Å²) in [5, 5.41) is 0. The fourth-order valence-electron chi connectivity index (χ4n) is 0.957. The summed E-state index contributed by atoms with van der Waals surface area (Å²) >= 11 is 3.24. The maximum atomic E-state index is 11.6. The Morgan fingerprint density at radius 1 is 1.38 bits per heavy atom. The minimum absolute atomic E-state index is 0.290. The second-order valence-corrected chi connectivity index (χ2v) is 5.36. The van der Waals surface area contributed by atoms with Crippen molar-refractivity contribution in [1.29, 1.82) is 0 Å². The molecule has 0 heterocycles. The van der Waals surface area contributed by atoms with E-state index in [0.29, 0.717) is 11.8 Å². The molecular formula is C12H13BrO3. The highest BCUT2D eigenvalue weighted by Gasteiger charge is 2.24. The van der Waals surface area contributed by atoms with Crippen LogP contribution in [0.4, 0.5) is 0 Å². The van der Waals surface area contributed by atoms with Gasteiger partial charge in [0.15, 0.2) is 6.29 Å². The molecule has 0 aliphatic heterocycles. The van der Waals surface area contributed by atoms with Crippen molar-refractivity contribution in [1.82, 2.24) is 0 Å². The number of benzene rings is 1. The number of halogens is 1. The van der Waals surface area contributed by atoms with Gasteiger partial charge in [-0.3, -0.25) is 9.59 Å². The van der Waals surface area contributed by atoms with Crippen molar-refractivity contribution in [2.75, 3.05) is 0 Å². The summed E-state index contributed by atoms with van der Waals surface area (Å²) < 4.78 is 5.93. The molecule has 1 aromatic rings. The molecule has 0 saturated heterocycles. The molecule has 1 rings (SSSR count). The molecule has 3 nitrogen and oxygen atoms in total. The summed E-state index contributed by atoms with van der Waals surface area (Å²) in [7, 11) is 0. The van der Waals surface area contributed by atoms with E-state index in [0.717, 1.165) is 4.47 Å². The third kappa shape index (κ3) is 3.17. The maximum absolute atomic E-state index is 11.6. The second kappa shape index (κ2) is 4.78. The topological polar surface area (TPSA) is 43.4 Å². The molecule has 0 unspecified atom stereocenters. The molecule has 4 heteroatoms. The van der Waals surface area contributed by atoms with Gasteiger partial charge in [0, 0.05) is 4.47 Å². The summed E-state index contributed by atoms with van der Waals surface area (Å²) in [6, 6.07) is 4.92. The van der Waals surface area contributed by atoms with Crippen LogP contribution in [-0.4, -0.2) is 12.3 Å². The summed E-state index contributed by atoms with van der Waals surface area (Å²) in [6.07, 6.45) is 0.663. The zero-order valence-corrected chi connectivity index (χ0v) is 11.0. The first-order valence-corrected chi connectivity index (χ1v) is 5.61. The number of carbonyl (C=O) groups is 2. The van der Waals surface area contributed by atoms with Gasteiger partial charge in [0.05, 0.1) is 11.0 Å². The van der Waals surface area contributed by atoms with Crippen LogP contribution in [0.2, 0.25) is 0 Å². The average Bonchev–Trinajstić information content (AvgIpc) is 2.19. The van der Waals surface area contributed by atoms with Gasteiger partial charge in [-0.2, -0.15) is 0 Å². The van der Waals surface area contributed by atoms with Gasteiger partial charge >= 0.3 is 5.97 Å². The Balaban J connectivity index is 2.98. The Hall–Kier alpha value is -1.16. The summed E-state index contributed by atoms with van der Waals surface area (Å²) in [6.45, 7) is 5.28. The third-order valence-corrected chi connectivity index (χ3v) is 2.41. The van der Waals surface area contributed by atoms with Gasteiger partial charge in [0.2, 0.25) is 0 Å². The fraction of sp³-hybridized carbons (Fsp3) is 0.333. The number of esters is 1. The molecular weight excluding hydrogens is 272 g/mol. The van der Waals surface area contributed by atoms with E-state index in [-0.39, 0.29) is 11.7 Å². The third-order valence-electron chi connectivity index (χ3n) is 1.91. The van der Waals surface area contributed by atoms with E-state index in [1.165, 1.54) is 0 Å².